The topological polar surface area (TPSA) is 66.9 Å². The summed E-state index contributed by atoms with van der Waals surface area (Å²) in [5.74, 6) is -0.303. The Hall–Kier alpha value is -1.94. The van der Waals surface area contributed by atoms with Crippen LogP contribution in [0.3, 0.4) is 0 Å². The minimum absolute atomic E-state index is 0.0526. The van der Waals surface area contributed by atoms with Gasteiger partial charge in [0.2, 0.25) is 15.9 Å². The van der Waals surface area contributed by atoms with Gasteiger partial charge in [0, 0.05) is 41.1 Å². The molecule has 0 saturated carbocycles. The lowest BCUT2D eigenvalue weighted by molar-refractivity contribution is -0.132. The van der Waals surface area contributed by atoms with Crippen LogP contribution in [0.2, 0.25) is 10.0 Å². The van der Waals surface area contributed by atoms with E-state index in [1.165, 1.54) is 22.5 Å². The van der Waals surface area contributed by atoms with Gasteiger partial charge < -0.3 is 9.64 Å². The van der Waals surface area contributed by atoms with E-state index in [9.17, 15) is 13.2 Å². The predicted octanol–water partition coefficient (Wildman–Crippen LogP) is 6.01. The fourth-order valence-corrected chi connectivity index (χ4v) is 6.70. The van der Waals surface area contributed by atoms with Crippen LogP contribution in [0.25, 0.3) is 0 Å². The molecule has 0 unspecified atom stereocenters. The van der Waals surface area contributed by atoms with Crippen molar-refractivity contribution in [1.82, 2.24) is 9.21 Å². The summed E-state index contributed by atoms with van der Waals surface area (Å²) in [6.07, 6.45) is 0.432. The summed E-state index contributed by atoms with van der Waals surface area (Å²) >= 11 is 13.9. The Morgan fingerprint density at radius 2 is 1.78 bits per heavy atom. The van der Waals surface area contributed by atoms with E-state index >= 15 is 0 Å². The van der Waals surface area contributed by atoms with Gasteiger partial charge in [-0.3, -0.25) is 4.79 Å². The monoisotopic (exact) mass is 568 g/mol. The Kier molecular flexibility index (Phi) is 10.8. The number of hydrogen-bond donors (Lipinski definition) is 0. The maximum Gasteiger partial charge on any atom is 0.245 e. The molecule has 0 radical (unpaired) electrons. The van der Waals surface area contributed by atoms with Gasteiger partial charge >= 0.3 is 0 Å². The molecular weight excluding hydrogens is 539 g/mol. The minimum atomic E-state index is -4.10. The molecule has 2 aromatic carbocycles. The third-order valence-electron chi connectivity index (χ3n) is 5.43. The average Bonchev–Trinajstić information content (AvgIpc) is 3.27. The predicted molar refractivity (Wildman–Crippen MR) is 146 cm³/mol. The molecule has 0 fully saturated rings. The van der Waals surface area contributed by atoms with Gasteiger partial charge in [-0.05, 0) is 56.2 Å². The van der Waals surface area contributed by atoms with Gasteiger partial charge in [-0.1, -0.05) is 53.5 Å². The van der Waals surface area contributed by atoms with Gasteiger partial charge in [0.05, 0.1) is 18.1 Å². The van der Waals surface area contributed by atoms with Gasteiger partial charge in [0.1, 0.15) is 4.90 Å². The lowest BCUT2D eigenvalue weighted by Crippen LogP contribution is -2.43. The van der Waals surface area contributed by atoms with Gasteiger partial charge in [0.15, 0.2) is 0 Å². The van der Waals surface area contributed by atoms with Gasteiger partial charge in [0.25, 0.3) is 0 Å². The van der Waals surface area contributed by atoms with E-state index < -0.39 is 10.0 Å². The first-order valence-electron chi connectivity index (χ1n) is 11.6. The smallest absolute Gasteiger partial charge is 0.245 e. The second-order valence-corrected chi connectivity index (χ2v) is 12.3. The van der Waals surface area contributed by atoms with Crippen LogP contribution in [0.15, 0.2) is 65.6 Å². The summed E-state index contributed by atoms with van der Waals surface area (Å²) in [7, 11) is -4.10. The fraction of sp³-hybridized carbons (Fsp3) is 0.346. The summed E-state index contributed by atoms with van der Waals surface area (Å²) in [6, 6.07) is 17.9. The van der Waals surface area contributed by atoms with Crippen LogP contribution in [0.5, 0.6) is 0 Å². The number of amides is 1. The normalized spacial score (nSPS) is 11.7. The van der Waals surface area contributed by atoms with Crippen molar-refractivity contribution in [2.45, 2.75) is 38.3 Å². The number of hydrogen-bond acceptors (Lipinski definition) is 5. The number of carbonyl (C=O) groups excluding carboxylic acids is 1. The van der Waals surface area contributed by atoms with Crippen molar-refractivity contribution in [3.8, 4) is 0 Å². The van der Waals surface area contributed by atoms with Crippen molar-refractivity contribution in [2.75, 3.05) is 26.3 Å². The highest BCUT2D eigenvalue weighted by Crippen LogP contribution is 2.28. The summed E-state index contributed by atoms with van der Waals surface area (Å²) in [6.45, 7) is 5.32. The summed E-state index contributed by atoms with van der Waals surface area (Å²) in [4.78, 5) is 17.4. The zero-order chi connectivity index (χ0) is 26.1. The van der Waals surface area contributed by atoms with Gasteiger partial charge in [-0.15, -0.1) is 11.3 Å². The fourth-order valence-electron chi connectivity index (χ4n) is 3.63. The molecule has 0 N–H and O–H groups in total. The molecule has 0 aliphatic heterocycles. The highest BCUT2D eigenvalue weighted by atomic mass is 35.5. The Bertz CT molecular complexity index is 1250. The number of ether oxygens (including phenoxy) is 1. The second kappa shape index (κ2) is 13.6. The molecule has 1 aromatic heterocycles. The van der Waals surface area contributed by atoms with Crippen LogP contribution in [0.1, 0.15) is 28.7 Å². The minimum Gasteiger partial charge on any atom is -0.382 e. The van der Waals surface area contributed by atoms with Crippen molar-refractivity contribution >= 4 is 50.5 Å². The molecule has 194 valence electrons. The quantitative estimate of drug-likeness (QED) is 0.237. The number of thiophene rings is 1. The van der Waals surface area contributed by atoms with Gasteiger partial charge in [-0.2, -0.15) is 4.31 Å². The van der Waals surface area contributed by atoms with Gasteiger partial charge in [-0.25, -0.2) is 8.42 Å². The van der Waals surface area contributed by atoms with Crippen LogP contribution < -0.4 is 0 Å². The number of rotatable bonds is 13. The summed E-state index contributed by atoms with van der Waals surface area (Å²) < 4.78 is 33.8. The molecule has 1 heterocycles. The molecule has 6 nitrogen and oxygen atoms in total. The maximum atomic E-state index is 13.6. The lowest BCUT2D eigenvalue weighted by atomic mass is 10.2. The number of sulfonamides is 1. The number of carbonyl (C=O) groups is 1. The summed E-state index contributed by atoms with van der Waals surface area (Å²) in [5.41, 5.74) is 0.961. The maximum absolute atomic E-state index is 13.6. The first kappa shape index (κ1) is 28.6. The van der Waals surface area contributed by atoms with E-state index in [0.717, 1.165) is 15.3 Å². The molecule has 0 spiro atoms. The van der Waals surface area contributed by atoms with Crippen LogP contribution in [-0.2, 0) is 32.6 Å². The van der Waals surface area contributed by atoms with Crippen molar-refractivity contribution in [3.63, 3.8) is 0 Å². The Morgan fingerprint density at radius 1 is 1.03 bits per heavy atom. The highest BCUT2D eigenvalue weighted by molar-refractivity contribution is 7.89. The standard InChI is InChI=1S/C26H30Cl2N2O4S2/c1-3-34-15-7-14-30(36(32,33)25-16-22(27)11-13-24(25)28)19-26(31)29(17-21-8-5-4-6-9-21)18-23-12-10-20(2)35-23/h4-6,8-13,16H,3,7,14-15,17-19H2,1-2H3. The third kappa shape index (κ3) is 8.03. The summed E-state index contributed by atoms with van der Waals surface area (Å²) in [5, 5.41) is 0.300. The number of halogens is 2. The Morgan fingerprint density at radius 3 is 2.44 bits per heavy atom. The molecule has 3 aromatic rings. The third-order valence-corrected chi connectivity index (χ3v) is 8.98. The first-order valence-corrected chi connectivity index (χ1v) is 14.6. The molecule has 0 bridgehead atoms. The zero-order valence-electron chi connectivity index (χ0n) is 20.3. The van der Waals surface area contributed by atoms with E-state index in [4.69, 9.17) is 27.9 Å². The highest BCUT2D eigenvalue weighted by Gasteiger charge is 2.30. The molecule has 1 amide bonds. The van der Waals surface area contributed by atoms with E-state index in [-0.39, 0.29) is 33.9 Å². The molecule has 10 heteroatoms. The molecule has 0 aliphatic carbocycles. The molecule has 0 atom stereocenters. The lowest BCUT2D eigenvalue weighted by Gasteiger charge is -2.27. The Labute approximate surface area is 227 Å². The van der Waals surface area contributed by atoms with E-state index in [1.807, 2.05) is 56.3 Å². The van der Waals surface area contributed by atoms with Crippen LogP contribution in [0.4, 0.5) is 0 Å². The second-order valence-electron chi connectivity index (χ2n) is 8.21. The molecule has 0 saturated heterocycles. The Balaban J connectivity index is 1.89. The number of aryl methyl sites for hydroxylation is 1. The largest absolute Gasteiger partial charge is 0.382 e. The van der Waals surface area contributed by atoms with E-state index in [2.05, 4.69) is 0 Å². The molecule has 0 aliphatic rings. The van der Waals surface area contributed by atoms with Crippen LogP contribution in [0, 0.1) is 6.92 Å². The van der Waals surface area contributed by atoms with Crippen molar-refractivity contribution < 1.29 is 17.9 Å². The van der Waals surface area contributed by atoms with Crippen LogP contribution >= 0.6 is 34.5 Å². The van der Waals surface area contributed by atoms with Crippen molar-refractivity contribution in [2.24, 2.45) is 0 Å². The van der Waals surface area contributed by atoms with E-state index in [0.29, 0.717) is 32.7 Å². The van der Waals surface area contributed by atoms with E-state index in [1.54, 1.807) is 16.2 Å². The number of nitrogens with zero attached hydrogens (tertiary/aromatic N) is 2. The molecular formula is C26H30Cl2N2O4S2. The van der Waals surface area contributed by atoms with Crippen molar-refractivity contribution in [1.29, 1.82) is 0 Å². The average molecular weight is 570 g/mol. The molecule has 36 heavy (non-hydrogen) atoms. The van der Waals surface area contributed by atoms with Crippen molar-refractivity contribution in [3.05, 3.63) is 86.0 Å². The first-order chi connectivity index (χ1) is 17.2. The zero-order valence-corrected chi connectivity index (χ0v) is 23.5. The number of benzene rings is 2. The molecule has 3 rings (SSSR count). The van der Waals surface area contributed by atoms with Crippen LogP contribution in [-0.4, -0.2) is 49.8 Å². The SMILES string of the molecule is CCOCCCN(CC(=O)N(Cc1ccccc1)Cc1ccc(C)s1)S(=O)(=O)c1cc(Cl)ccc1Cl.